The van der Waals surface area contributed by atoms with Gasteiger partial charge in [-0.15, -0.1) is 11.3 Å². The molecule has 1 N–H and O–H groups in total. The van der Waals surface area contributed by atoms with Crippen molar-refractivity contribution in [2.75, 3.05) is 13.7 Å². The second kappa shape index (κ2) is 8.71. The Kier molecular flexibility index (Phi) is 5.85. The van der Waals surface area contributed by atoms with Crippen molar-refractivity contribution in [2.24, 2.45) is 0 Å². The van der Waals surface area contributed by atoms with E-state index in [1.807, 2.05) is 48.7 Å². The summed E-state index contributed by atoms with van der Waals surface area (Å²) >= 11 is 1.56. The van der Waals surface area contributed by atoms with Crippen molar-refractivity contribution in [2.45, 2.75) is 32.7 Å². The van der Waals surface area contributed by atoms with Gasteiger partial charge in [-0.3, -0.25) is 4.90 Å². The molecule has 0 spiro atoms. The van der Waals surface area contributed by atoms with Gasteiger partial charge in [0.05, 0.1) is 23.6 Å². The highest BCUT2D eigenvalue weighted by Crippen LogP contribution is 2.38. The number of unbranched alkanes of at least 4 members (excludes halogenated alkanes) is 1. The van der Waals surface area contributed by atoms with Crippen LogP contribution in [-0.2, 0) is 0 Å². The lowest BCUT2D eigenvalue weighted by Crippen LogP contribution is -2.46. The zero-order valence-electron chi connectivity index (χ0n) is 17.2. The Balaban J connectivity index is 1.78. The average molecular weight is 425 g/mol. The first-order valence-electron chi connectivity index (χ1n) is 9.93. The van der Waals surface area contributed by atoms with Gasteiger partial charge in [0.25, 0.3) is 5.89 Å². The van der Waals surface area contributed by atoms with Crippen LogP contribution in [0, 0.1) is 0 Å². The Morgan fingerprint density at radius 3 is 2.73 bits per heavy atom. The van der Waals surface area contributed by atoms with Crippen molar-refractivity contribution < 1.29 is 14.1 Å². The summed E-state index contributed by atoms with van der Waals surface area (Å²) in [5.41, 5.74) is 2.56. The third-order valence-electron chi connectivity index (χ3n) is 5.18. The largest absolute Gasteiger partial charge is 0.497 e. The van der Waals surface area contributed by atoms with E-state index in [-0.39, 0.29) is 6.03 Å². The molecule has 3 heterocycles. The van der Waals surface area contributed by atoms with Gasteiger partial charge in [0, 0.05) is 12.2 Å². The zero-order valence-corrected chi connectivity index (χ0v) is 18.0. The van der Waals surface area contributed by atoms with E-state index in [1.165, 1.54) is 0 Å². The molecule has 0 saturated carbocycles. The number of aromatic nitrogens is 2. The normalized spacial score (nSPS) is 16.7. The van der Waals surface area contributed by atoms with Crippen LogP contribution in [0.25, 0.3) is 16.3 Å². The Morgan fingerprint density at radius 2 is 2.07 bits per heavy atom. The van der Waals surface area contributed by atoms with E-state index in [2.05, 4.69) is 22.4 Å². The SMILES string of the molecule is CCCCN1C(=O)NC(c2ccc(OC)cc2)C(c2nc(-c3cccs3)no2)=C1C. The van der Waals surface area contributed by atoms with Crippen LogP contribution in [0.1, 0.15) is 44.2 Å². The molecule has 1 aromatic carbocycles. The molecule has 8 heteroatoms. The quantitative estimate of drug-likeness (QED) is 0.570. The Bertz CT molecular complexity index is 1040. The summed E-state index contributed by atoms with van der Waals surface area (Å²) in [6.45, 7) is 4.68. The van der Waals surface area contributed by atoms with Crippen molar-refractivity contribution in [3.63, 3.8) is 0 Å². The van der Waals surface area contributed by atoms with E-state index in [9.17, 15) is 4.79 Å². The van der Waals surface area contributed by atoms with Crippen molar-refractivity contribution in [3.05, 3.63) is 58.9 Å². The van der Waals surface area contributed by atoms with Gasteiger partial charge in [-0.2, -0.15) is 4.98 Å². The molecule has 4 rings (SSSR count). The fourth-order valence-electron chi connectivity index (χ4n) is 3.53. The van der Waals surface area contributed by atoms with Crippen LogP contribution in [0.5, 0.6) is 5.75 Å². The maximum atomic E-state index is 12.9. The topological polar surface area (TPSA) is 80.5 Å². The van der Waals surface area contributed by atoms with Crippen molar-refractivity contribution in [3.8, 4) is 16.5 Å². The van der Waals surface area contributed by atoms with E-state index in [1.54, 1.807) is 23.3 Å². The molecule has 0 radical (unpaired) electrons. The number of amides is 2. The number of methoxy groups -OCH3 is 1. The number of thiophene rings is 1. The Hall–Kier alpha value is -3.13. The van der Waals surface area contributed by atoms with E-state index in [4.69, 9.17) is 9.26 Å². The number of carbonyl (C=O) groups is 1. The second-order valence-corrected chi connectivity index (χ2v) is 8.01. The van der Waals surface area contributed by atoms with Crippen LogP contribution in [0.4, 0.5) is 4.79 Å². The number of allylic oxidation sites excluding steroid dienone is 1. The van der Waals surface area contributed by atoms with Crippen molar-refractivity contribution in [1.82, 2.24) is 20.4 Å². The minimum Gasteiger partial charge on any atom is -0.497 e. The molecule has 2 amide bonds. The van der Waals surface area contributed by atoms with Gasteiger partial charge < -0.3 is 14.6 Å². The molecule has 3 aromatic rings. The summed E-state index contributed by atoms with van der Waals surface area (Å²) in [7, 11) is 1.63. The number of urea groups is 1. The minimum absolute atomic E-state index is 0.122. The van der Waals surface area contributed by atoms with Gasteiger partial charge in [-0.25, -0.2) is 4.79 Å². The molecule has 1 aliphatic rings. The lowest BCUT2D eigenvalue weighted by molar-refractivity contribution is 0.204. The maximum absolute atomic E-state index is 12.9. The molecule has 1 aliphatic heterocycles. The summed E-state index contributed by atoms with van der Waals surface area (Å²) < 4.78 is 10.9. The van der Waals surface area contributed by atoms with Gasteiger partial charge in [-0.05, 0) is 42.5 Å². The van der Waals surface area contributed by atoms with Gasteiger partial charge in [-0.1, -0.05) is 36.7 Å². The number of benzene rings is 1. The third kappa shape index (κ3) is 3.82. The van der Waals surface area contributed by atoms with Gasteiger partial charge >= 0.3 is 6.03 Å². The van der Waals surface area contributed by atoms with Crippen LogP contribution >= 0.6 is 11.3 Å². The first-order valence-corrected chi connectivity index (χ1v) is 10.8. The van der Waals surface area contributed by atoms with Gasteiger partial charge in [0.2, 0.25) is 5.82 Å². The van der Waals surface area contributed by atoms with Crippen molar-refractivity contribution >= 4 is 22.9 Å². The Morgan fingerprint density at radius 1 is 1.27 bits per heavy atom. The van der Waals surface area contributed by atoms with Gasteiger partial charge in [0.15, 0.2) is 0 Å². The van der Waals surface area contributed by atoms with E-state index < -0.39 is 6.04 Å². The van der Waals surface area contributed by atoms with Crippen molar-refractivity contribution in [1.29, 1.82) is 0 Å². The second-order valence-electron chi connectivity index (χ2n) is 7.06. The first kappa shape index (κ1) is 20.2. The van der Waals surface area contributed by atoms with Crippen LogP contribution < -0.4 is 10.1 Å². The number of ether oxygens (including phenoxy) is 1. The van der Waals surface area contributed by atoms with Crippen LogP contribution in [0.3, 0.4) is 0 Å². The molecule has 0 saturated heterocycles. The molecule has 7 nitrogen and oxygen atoms in total. The fraction of sp³-hybridized carbons (Fsp3) is 0.318. The number of carbonyl (C=O) groups excluding carboxylic acids is 1. The molecule has 30 heavy (non-hydrogen) atoms. The van der Waals surface area contributed by atoms with Crippen LogP contribution in [0.2, 0.25) is 0 Å². The van der Waals surface area contributed by atoms with E-state index >= 15 is 0 Å². The lowest BCUT2D eigenvalue weighted by Gasteiger charge is -2.35. The molecule has 0 fully saturated rings. The number of rotatable bonds is 7. The summed E-state index contributed by atoms with van der Waals surface area (Å²) in [5, 5.41) is 9.26. The molecule has 2 aromatic heterocycles. The highest BCUT2D eigenvalue weighted by Gasteiger charge is 2.35. The monoisotopic (exact) mass is 424 g/mol. The summed E-state index contributed by atoms with van der Waals surface area (Å²) in [4.78, 5) is 20.2. The highest BCUT2D eigenvalue weighted by atomic mass is 32.1. The first-order chi connectivity index (χ1) is 14.6. The number of nitrogens with zero attached hydrogens (tertiary/aromatic N) is 3. The molecule has 156 valence electrons. The average Bonchev–Trinajstić information content (AvgIpc) is 3.45. The summed E-state index contributed by atoms with van der Waals surface area (Å²) in [6.07, 6.45) is 1.91. The minimum atomic E-state index is -0.391. The fourth-order valence-corrected chi connectivity index (χ4v) is 4.18. The smallest absolute Gasteiger partial charge is 0.322 e. The zero-order chi connectivity index (χ0) is 21.1. The maximum Gasteiger partial charge on any atom is 0.322 e. The number of nitrogens with one attached hydrogen (secondary N) is 1. The molecular weight excluding hydrogens is 400 g/mol. The summed E-state index contributed by atoms with van der Waals surface area (Å²) in [6, 6.07) is 11.0. The lowest BCUT2D eigenvalue weighted by atomic mass is 9.94. The highest BCUT2D eigenvalue weighted by molar-refractivity contribution is 7.13. The predicted molar refractivity (Wildman–Crippen MR) is 116 cm³/mol. The third-order valence-corrected chi connectivity index (χ3v) is 6.04. The van der Waals surface area contributed by atoms with Crippen LogP contribution in [-0.4, -0.2) is 34.7 Å². The molecule has 0 aliphatic carbocycles. The van der Waals surface area contributed by atoms with Crippen LogP contribution in [0.15, 0.2) is 52.0 Å². The number of hydrogen-bond acceptors (Lipinski definition) is 6. The van der Waals surface area contributed by atoms with E-state index in [0.29, 0.717) is 18.3 Å². The molecule has 0 bridgehead atoms. The predicted octanol–water partition coefficient (Wildman–Crippen LogP) is 5.10. The number of hydrogen-bond donors (Lipinski definition) is 1. The standard InChI is InChI=1S/C22H24N4O3S/c1-4-5-12-26-14(2)18(21-24-20(25-29-21)17-7-6-13-30-17)19(23-22(26)27)15-8-10-16(28-3)11-9-15/h6-11,13,19H,4-5,12H2,1-3H3,(H,23,27). The Labute approximate surface area is 179 Å². The van der Waals surface area contributed by atoms with E-state index in [0.717, 1.165) is 40.3 Å². The molecular formula is C22H24N4O3S. The summed E-state index contributed by atoms with van der Waals surface area (Å²) in [5.74, 6) is 1.72. The molecule has 1 atom stereocenters. The molecule has 1 unspecified atom stereocenters. The van der Waals surface area contributed by atoms with Gasteiger partial charge in [0.1, 0.15) is 5.75 Å².